The third-order valence-electron chi connectivity index (χ3n) is 6.93. The monoisotopic (exact) mass is 461 g/mol. The fraction of sp³-hybridized carbons (Fsp3) is 0.440. The van der Waals surface area contributed by atoms with Crippen LogP contribution in [0.4, 0.5) is 5.95 Å². The van der Waals surface area contributed by atoms with Crippen molar-refractivity contribution < 1.29 is 4.79 Å². The van der Waals surface area contributed by atoms with Gasteiger partial charge in [0.15, 0.2) is 5.65 Å². The largest absolute Gasteiger partial charge is 0.348 e. The molecule has 178 valence electrons. The van der Waals surface area contributed by atoms with Crippen LogP contribution in [0.2, 0.25) is 0 Å². The van der Waals surface area contributed by atoms with Crippen LogP contribution in [0, 0.1) is 5.92 Å². The SMILES string of the molecule is C=CC(=O)N1CCN([C@@H](CC2CC2)c2ccc([C@H](C)Nc3ncc4[nH]c(=O)[nH]c4n3)cc2)CC1. The Labute approximate surface area is 198 Å². The van der Waals surface area contributed by atoms with Gasteiger partial charge in [-0.3, -0.25) is 14.7 Å². The lowest BCUT2D eigenvalue weighted by Crippen LogP contribution is -2.49. The molecule has 2 fully saturated rings. The van der Waals surface area contributed by atoms with Crippen LogP contribution in [0.15, 0.2) is 47.9 Å². The maximum Gasteiger partial charge on any atom is 0.325 e. The quantitative estimate of drug-likeness (QED) is 0.445. The number of piperazine rings is 1. The van der Waals surface area contributed by atoms with Crippen LogP contribution in [-0.2, 0) is 4.79 Å². The second-order valence-corrected chi connectivity index (χ2v) is 9.33. The summed E-state index contributed by atoms with van der Waals surface area (Å²) in [7, 11) is 0. The molecule has 34 heavy (non-hydrogen) atoms. The first-order chi connectivity index (χ1) is 16.5. The van der Waals surface area contributed by atoms with E-state index in [1.54, 1.807) is 6.20 Å². The number of nitrogens with one attached hydrogen (secondary N) is 3. The molecule has 1 aliphatic carbocycles. The van der Waals surface area contributed by atoms with E-state index < -0.39 is 0 Å². The van der Waals surface area contributed by atoms with Gasteiger partial charge in [-0.05, 0) is 36.5 Å². The van der Waals surface area contributed by atoms with Gasteiger partial charge >= 0.3 is 5.69 Å². The van der Waals surface area contributed by atoms with Gasteiger partial charge in [-0.25, -0.2) is 9.78 Å². The standard InChI is InChI=1S/C25H31N7O2/c1-3-22(33)32-12-10-31(11-13-32)21(14-17-4-5-17)19-8-6-18(7-9-19)16(2)27-24-26-15-20-23(29-24)30-25(34)28-20/h3,6-9,15-17,21H,1,4-5,10-14H2,2H3,(H3,26,27,28,29,30,34)/t16-,21-/m0/s1. The molecule has 3 aromatic rings. The zero-order valence-electron chi connectivity index (χ0n) is 19.5. The number of anilines is 1. The maximum atomic E-state index is 12.0. The van der Waals surface area contributed by atoms with Gasteiger partial charge in [0.1, 0.15) is 5.52 Å². The van der Waals surface area contributed by atoms with E-state index in [2.05, 4.69) is 67.9 Å². The van der Waals surface area contributed by atoms with Crippen molar-refractivity contribution in [3.05, 3.63) is 64.7 Å². The molecular weight excluding hydrogens is 430 g/mol. The minimum Gasteiger partial charge on any atom is -0.348 e. The predicted molar refractivity (Wildman–Crippen MR) is 131 cm³/mol. The second kappa shape index (κ2) is 9.42. The first kappa shape index (κ1) is 22.3. The molecule has 2 atom stereocenters. The minimum absolute atomic E-state index is 0.00695. The molecule has 5 rings (SSSR count). The highest BCUT2D eigenvalue weighted by Gasteiger charge is 2.32. The Kier molecular flexibility index (Phi) is 6.19. The molecule has 0 unspecified atom stereocenters. The fourth-order valence-electron chi connectivity index (χ4n) is 4.73. The van der Waals surface area contributed by atoms with Crippen molar-refractivity contribution in [3.8, 4) is 0 Å². The van der Waals surface area contributed by atoms with Gasteiger partial charge in [-0.1, -0.05) is 43.7 Å². The van der Waals surface area contributed by atoms with Gasteiger partial charge in [0, 0.05) is 32.2 Å². The molecule has 1 aromatic carbocycles. The lowest BCUT2D eigenvalue weighted by atomic mass is 9.96. The highest BCUT2D eigenvalue weighted by molar-refractivity contribution is 5.87. The smallest absolute Gasteiger partial charge is 0.325 e. The summed E-state index contributed by atoms with van der Waals surface area (Å²) in [6.45, 7) is 8.96. The van der Waals surface area contributed by atoms with Crippen LogP contribution >= 0.6 is 0 Å². The zero-order chi connectivity index (χ0) is 23.7. The third kappa shape index (κ3) is 4.89. The molecule has 2 aliphatic rings. The molecule has 1 saturated heterocycles. The van der Waals surface area contributed by atoms with Crippen molar-refractivity contribution in [1.82, 2.24) is 29.7 Å². The number of aromatic nitrogens is 4. The number of carbonyl (C=O) groups excluding carboxylic acids is 1. The molecular formula is C25H31N7O2. The maximum absolute atomic E-state index is 12.0. The van der Waals surface area contributed by atoms with E-state index in [0.29, 0.717) is 23.2 Å². The second-order valence-electron chi connectivity index (χ2n) is 9.33. The van der Waals surface area contributed by atoms with Crippen molar-refractivity contribution in [1.29, 1.82) is 0 Å². The summed E-state index contributed by atoms with van der Waals surface area (Å²) in [4.78, 5) is 41.8. The number of nitrogens with zero attached hydrogens (tertiary/aromatic N) is 4. The molecule has 9 nitrogen and oxygen atoms in total. The lowest BCUT2D eigenvalue weighted by Gasteiger charge is -2.39. The normalized spacial score (nSPS) is 18.6. The lowest BCUT2D eigenvalue weighted by molar-refractivity contribution is -0.128. The van der Waals surface area contributed by atoms with Crippen molar-refractivity contribution in [2.75, 3.05) is 31.5 Å². The summed E-state index contributed by atoms with van der Waals surface area (Å²) in [6.07, 6.45) is 6.82. The van der Waals surface area contributed by atoms with Crippen LogP contribution in [0.5, 0.6) is 0 Å². The van der Waals surface area contributed by atoms with Crippen molar-refractivity contribution in [3.63, 3.8) is 0 Å². The number of amides is 1. The Morgan fingerprint density at radius 2 is 1.88 bits per heavy atom. The van der Waals surface area contributed by atoms with Crippen LogP contribution in [0.3, 0.4) is 0 Å². The molecule has 1 amide bonds. The summed E-state index contributed by atoms with van der Waals surface area (Å²) in [6, 6.07) is 9.18. The molecule has 3 heterocycles. The minimum atomic E-state index is -0.292. The van der Waals surface area contributed by atoms with Crippen molar-refractivity contribution in [2.24, 2.45) is 5.92 Å². The van der Waals surface area contributed by atoms with Gasteiger partial charge in [0.05, 0.1) is 12.2 Å². The Balaban J connectivity index is 1.27. The van der Waals surface area contributed by atoms with Crippen LogP contribution in [-0.4, -0.2) is 61.8 Å². The molecule has 0 radical (unpaired) electrons. The molecule has 1 saturated carbocycles. The van der Waals surface area contributed by atoms with E-state index in [0.717, 1.165) is 37.7 Å². The molecule has 0 bridgehead atoms. The van der Waals surface area contributed by atoms with E-state index in [9.17, 15) is 9.59 Å². The average molecular weight is 462 g/mol. The summed E-state index contributed by atoms with van der Waals surface area (Å²) >= 11 is 0. The number of imidazole rings is 1. The fourth-order valence-corrected chi connectivity index (χ4v) is 4.73. The van der Waals surface area contributed by atoms with E-state index in [1.165, 1.54) is 30.9 Å². The van der Waals surface area contributed by atoms with Crippen molar-refractivity contribution in [2.45, 2.75) is 38.3 Å². The number of hydrogen-bond acceptors (Lipinski definition) is 6. The first-order valence-corrected chi connectivity index (χ1v) is 12.0. The molecule has 1 aliphatic heterocycles. The molecule has 9 heteroatoms. The molecule has 3 N–H and O–H groups in total. The van der Waals surface area contributed by atoms with Gasteiger partial charge in [0.25, 0.3) is 0 Å². The van der Waals surface area contributed by atoms with Gasteiger partial charge < -0.3 is 15.2 Å². The van der Waals surface area contributed by atoms with Crippen molar-refractivity contribution >= 4 is 23.0 Å². The number of rotatable bonds is 8. The van der Waals surface area contributed by atoms with Crippen LogP contribution in [0.25, 0.3) is 11.2 Å². The number of carbonyl (C=O) groups is 1. The van der Waals surface area contributed by atoms with E-state index in [1.807, 2.05) is 4.90 Å². The molecule has 2 aromatic heterocycles. The highest BCUT2D eigenvalue weighted by atomic mass is 16.2. The number of aromatic amines is 2. The van der Waals surface area contributed by atoms with E-state index in [-0.39, 0.29) is 17.6 Å². The number of hydrogen-bond donors (Lipinski definition) is 3. The van der Waals surface area contributed by atoms with Crippen LogP contribution < -0.4 is 11.0 Å². The number of benzene rings is 1. The predicted octanol–water partition coefficient (Wildman–Crippen LogP) is 2.99. The first-order valence-electron chi connectivity index (χ1n) is 12.0. The summed E-state index contributed by atoms with van der Waals surface area (Å²) in [5.74, 6) is 1.30. The number of fused-ring (bicyclic) bond motifs is 1. The van der Waals surface area contributed by atoms with Gasteiger partial charge in [-0.15, -0.1) is 0 Å². The average Bonchev–Trinajstić information content (AvgIpc) is 3.61. The Bertz CT molecular complexity index is 1220. The Hall–Kier alpha value is -3.46. The Morgan fingerprint density at radius 3 is 2.56 bits per heavy atom. The zero-order valence-corrected chi connectivity index (χ0v) is 19.5. The topological polar surface area (TPSA) is 110 Å². The third-order valence-corrected chi connectivity index (χ3v) is 6.93. The highest BCUT2D eigenvalue weighted by Crippen LogP contribution is 2.40. The Morgan fingerprint density at radius 1 is 1.18 bits per heavy atom. The summed E-state index contributed by atoms with van der Waals surface area (Å²) < 4.78 is 0. The van der Waals surface area contributed by atoms with Gasteiger partial charge in [0.2, 0.25) is 11.9 Å². The molecule has 0 spiro atoms. The summed E-state index contributed by atoms with van der Waals surface area (Å²) in [5, 5.41) is 3.32. The van der Waals surface area contributed by atoms with Gasteiger partial charge in [-0.2, -0.15) is 4.98 Å². The summed E-state index contributed by atoms with van der Waals surface area (Å²) in [5.41, 5.74) is 3.25. The number of H-pyrrole nitrogens is 2. The van der Waals surface area contributed by atoms with Crippen LogP contribution in [0.1, 0.15) is 49.4 Å². The van der Waals surface area contributed by atoms with E-state index >= 15 is 0 Å². The van der Waals surface area contributed by atoms with E-state index in [4.69, 9.17) is 0 Å².